The van der Waals surface area contributed by atoms with E-state index in [9.17, 15) is 9.59 Å². The summed E-state index contributed by atoms with van der Waals surface area (Å²) >= 11 is 6.07. The van der Waals surface area contributed by atoms with Crippen LogP contribution < -0.4 is 10.6 Å². The first-order chi connectivity index (χ1) is 11.4. The number of anilines is 2. The molecular formula is C19H19ClN2O2. The van der Waals surface area contributed by atoms with Crippen LogP contribution in [0.5, 0.6) is 0 Å². The number of rotatable bonds is 4. The molecule has 2 amide bonds. The summed E-state index contributed by atoms with van der Waals surface area (Å²) in [5.41, 5.74) is 2.37. The van der Waals surface area contributed by atoms with E-state index in [2.05, 4.69) is 10.6 Å². The van der Waals surface area contributed by atoms with Gasteiger partial charge in [0.1, 0.15) is 5.41 Å². The van der Waals surface area contributed by atoms with Crippen molar-refractivity contribution in [3.63, 3.8) is 0 Å². The Balaban J connectivity index is 1.74. The number of carbonyl (C=O) groups excluding carboxylic acids is 2. The fourth-order valence-corrected chi connectivity index (χ4v) is 2.97. The number of aryl methyl sites for hydroxylation is 2. The first-order valence-corrected chi connectivity index (χ1v) is 8.24. The van der Waals surface area contributed by atoms with E-state index in [1.165, 1.54) is 0 Å². The quantitative estimate of drug-likeness (QED) is 0.813. The van der Waals surface area contributed by atoms with E-state index < -0.39 is 5.41 Å². The number of benzene rings is 2. The van der Waals surface area contributed by atoms with Crippen LogP contribution in [0.3, 0.4) is 0 Å². The Bertz CT molecular complexity index is 793. The maximum atomic E-state index is 12.6. The largest absolute Gasteiger partial charge is 0.325 e. The van der Waals surface area contributed by atoms with Crippen molar-refractivity contribution in [3.8, 4) is 0 Å². The molecule has 2 N–H and O–H groups in total. The van der Waals surface area contributed by atoms with E-state index in [0.717, 1.165) is 11.1 Å². The van der Waals surface area contributed by atoms with Crippen LogP contribution in [0.25, 0.3) is 0 Å². The summed E-state index contributed by atoms with van der Waals surface area (Å²) in [4.78, 5) is 25.2. The summed E-state index contributed by atoms with van der Waals surface area (Å²) in [5.74, 6) is -0.575. The third-order valence-corrected chi connectivity index (χ3v) is 4.55. The Labute approximate surface area is 146 Å². The zero-order valence-corrected chi connectivity index (χ0v) is 14.4. The van der Waals surface area contributed by atoms with Gasteiger partial charge in [0.15, 0.2) is 0 Å². The minimum atomic E-state index is -1.00. The molecule has 0 saturated heterocycles. The summed E-state index contributed by atoms with van der Waals surface area (Å²) in [6, 6.07) is 12.8. The lowest BCUT2D eigenvalue weighted by Gasteiger charge is -2.16. The van der Waals surface area contributed by atoms with Gasteiger partial charge in [-0.2, -0.15) is 0 Å². The minimum absolute atomic E-state index is 0.267. The Morgan fingerprint density at radius 1 is 0.958 bits per heavy atom. The monoisotopic (exact) mass is 342 g/mol. The molecule has 1 fully saturated rings. The Morgan fingerprint density at radius 2 is 1.54 bits per heavy atom. The summed E-state index contributed by atoms with van der Waals surface area (Å²) in [5, 5.41) is 6.10. The highest BCUT2D eigenvalue weighted by Crippen LogP contribution is 2.47. The Morgan fingerprint density at radius 3 is 2.12 bits per heavy atom. The second-order valence-electron chi connectivity index (χ2n) is 6.35. The van der Waals surface area contributed by atoms with Crippen LogP contribution in [-0.2, 0) is 9.59 Å². The molecule has 0 spiro atoms. The summed E-state index contributed by atoms with van der Waals surface area (Å²) < 4.78 is 0. The Kier molecular flexibility index (Phi) is 4.33. The Hall–Kier alpha value is -2.33. The third kappa shape index (κ3) is 3.29. The second kappa shape index (κ2) is 6.29. The third-order valence-electron chi connectivity index (χ3n) is 4.22. The number of nitrogens with one attached hydrogen (secondary N) is 2. The average Bonchev–Trinajstić information content (AvgIpc) is 3.30. The molecule has 2 aromatic rings. The number of hydrogen-bond acceptors (Lipinski definition) is 2. The number of amides is 2. The zero-order chi connectivity index (χ0) is 17.3. The van der Waals surface area contributed by atoms with E-state index >= 15 is 0 Å². The molecule has 0 aliphatic heterocycles. The fourth-order valence-electron chi connectivity index (χ4n) is 2.78. The van der Waals surface area contributed by atoms with Gasteiger partial charge >= 0.3 is 0 Å². The van der Waals surface area contributed by atoms with Crippen molar-refractivity contribution in [2.24, 2.45) is 5.41 Å². The van der Waals surface area contributed by atoms with E-state index in [4.69, 9.17) is 11.6 Å². The first kappa shape index (κ1) is 16.5. The van der Waals surface area contributed by atoms with Crippen LogP contribution in [0.1, 0.15) is 24.0 Å². The lowest BCUT2D eigenvalue weighted by molar-refractivity contribution is -0.131. The van der Waals surface area contributed by atoms with Gasteiger partial charge < -0.3 is 10.6 Å². The number of carbonyl (C=O) groups is 2. The van der Waals surface area contributed by atoms with Gasteiger partial charge in [-0.3, -0.25) is 9.59 Å². The highest BCUT2D eigenvalue weighted by atomic mass is 35.5. The molecule has 0 bridgehead atoms. The highest BCUT2D eigenvalue weighted by Gasteiger charge is 2.56. The van der Waals surface area contributed by atoms with Gasteiger partial charge in [0.2, 0.25) is 11.8 Å². The van der Waals surface area contributed by atoms with Crippen molar-refractivity contribution in [2.45, 2.75) is 26.7 Å². The average molecular weight is 343 g/mol. The molecule has 4 nitrogen and oxygen atoms in total. The number of hydrogen-bond donors (Lipinski definition) is 2. The van der Waals surface area contributed by atoms with Crippen LogP contribution in [-0.4, -0.2) is 11.8 Å². The highest BCUT2D eigenvalue weighted by molar-refractivity contribution is 6.34. The first-order valence-electron chi connectivity index (χ1n) is 7.86. The maximum absolute atomic E-state index is 12.6. The number of para-hydroxylation sites is 1. The van der Waals surface area contributed by atoms with Crippen molar-refractivity contribution >= 4 is 34.8 Å². The van der Waals surface area contributed by atoms with Gasteiger partial charge in [0, 0.05) is 5.69 Å². The van der Waals surface area contributed by atoms with Gasteiger partial charge in [-0.25, -0.2) is 0 Å². The SMILES string of the molecule is Cc1cc(C)cc(NC(=O)C2(C(=O)Nc3ccccc3Cl)CC2)c1. The van der Waals surface area contributed by atoms with E-state index in [0.29, 0.717) is 29.2 Å². The molecule has 1 aliphatic rings. The van der Waals surface area contributed by atoms with Crippen LogP contribution in [0.4, 0.5) is 11.4 Å². The molecule has 0 unspecified atom stereocenters. The van der Waals surface area contributed by atoms with Crippen molar-refractivity contribution in [3.05, 3.63) is 58.6 Å². The van der Waals surface area contributed by atoms with Crippen molar-refractivity contribution in [1.29, 1.82) is 0 Å². The minimum Gasteiger partial charge on any atom is -0.325 e. The van der Waals surface area contributed by atoms with Gasteiger partial charge in [-0.15, -0.1) is 0 Å². The van der Waals surface area contributed by atoms with Crippen LogP contribution in [0.2, 0.25) is 5.02 Å². The van der Waals surface area contributed by atoms with E-state index in [1.54, 1.807) is 24.3 Å². The molecule has 5 heteroatoms. The van der Waals surface area contributed by atoms with Crippen molar-refractivity contribution in [2.75, 3.05) is 10.6 Å². The summed E-state index contributed by atoms with van der Waals surface area (Å²) in [7, 11) is 0. The molecular weight excluding hydrogens is 324 g/mol. The normalized spacial score (nSPS) is 14.8. The fraction of sp³-hybridized carbons (Fsp3) is 0.263. The standard InChI is InChI=1S/C19H19ClN2O2/c1-12-9-13(2)11-14(10-12)21-17(23)19(7-8-19)18(24)22-16-6-4-3-5-15(16)20/h3-6,9-11H,7-8H2,1-2H3,(H,21,23)(H,22,24). The van der Waals surface area contributed by atoms with Crippen LogP contribution in [0.15, 0.2) is 42.5 Å². The summed E-state index contributed by atoms with van der Waals surface area (Å²) in [6.45, 7) is 3.94. The molecule has 0 aromatic heterocycles. The van der Waals surface area contributed by atoms with Gasteiger partial charge in [0.25, 0.3) is 0 Å². The van der Waals surface area contributed by atoms with Crippen LogP contribution >= 0.6 is 11.6 Å². The van der Waals surface area contributed by atoms with E-state index in [1.807, 2.05) is 32.0 Å². The summed E-state index contributed by atoms with van der Waals surface area (Å²) in [6.07, 6.45) is 1.08. The van der Waals surface area contributed by atoms with Gasteiger partial charge in [-0.05, 0) is 62.1 Å². The predicted molar refractivity (Wildman–Crippen MR) is 96.3 cm³/mol. The lowest BCUT2D eigenvalue weighted by Crippen LogP contribution is -2.35. The molecule has 2 aromatic carbocycles. The molecule has 0 atom stereocenters. The van der Waals surface area contributed by atoms with Gasteiger partial charge in [-0.1, -0.05) is 29.8 Å². The zero-order valence-electron chi connectivity index (χ0n) is 13.7. The molecule has 0 radical (unpaired) electrons. The topological polar surface area (TPSA) is 58.2 Å². The van der Waals surface area contributed by atoms with Crippen LogP contribution in [0, 0.1) is 19.3 Å². The second-order valence-corrected chi connectivity index (χ2v) is 6.75. The van der Waals surface area contributed by atoms with Crippen molar-refractivity contribution < 1.29 is 9.59 Å². The maximum Gasteiger partial charge on any atom is 0.240 e. The molecule has 124 valence electrons. The van der Waals surface area contributed by atoms with Gasteiger partial charge in [0.05, 0.1) is 10.7 Å². The van der Waals surface area contributed by atoms with E-state index in [-0.39, 0.29) is 11.8 Å². The molecule has 24 heavy (non-hydrogen) atoms. The number of halogens is 1. The molecule has 1 saturated carbocycles. The van der Waals surface area contributed by atoms with Crippen molar-refractivity contribution in [1.82, 2.24) is 0 Å². The molecule has 0 heterocycles. The molecule has 1 aliphatic carbocycles. The molecule has 3 rings (SSSR count). The lowest BCUT2D eigenvalue weighted by atomic mass is 10.0. The smallest absolute Gasteiger partial charge is 0.240 e. The predicted octanol–water partition coefficient (Wildman–Crippen LogP) is 4.31.